The number of carbonyl (C=O) groups is 1. The molecule has 0 N–H and O–H groups in total. The molecular formula is C9H6BrFO2. The standard InChI is InChI=1S/C9H6BrFO2/c10-3-4-13-9-5-7(6-12)1-2-8(9)11/h1-6H. The second kappa shape index (κ2) is 4.77. The molecule has 0 aliphatic rings. The first-order valence-electron chi connectivity index (χ1n) is 3.44. The van der Waals surface area contributed by atoms with Crippen molar-refractivity contribution in [3.05, 3.63) is 40.8 Å². The Bertz CT molecular complexity index is 336. The minimum absolute atomic E-state index is 0.0281. The summed E-state index contributed by atoms with van der Waals surface area (Å²) in [6.07, 6.45) is 1.90. The maximum atomic E-state index is 12.9. The number of benzene rings is 1. The summed E-state index contributed by atoms with van der Waals surface area (Å²) in [5.74, 6) is -0.475. The maximum Gasteiger partial charge on any atom is 0.165 e. The van der Waals surface area contributed by atoms with Gasteiger partial charge in [0, 0.05) is 10.5 Å². The lowest BCUT2D eigenvalue weighted by atomic mass is 10.2. The van der Waals surface area contributed by atoms with E-state index in [4.69, 9.17) is 4.74 Å². The summed E-state index contributed by atoms with van der Waals surface area (Å²) < 4.78 is 17.8. The van der Waals surface area contributed by atoms with Crippen LogP contribution in [0.4, 0.5) is 4.39 Å². The number of ether oxygens (including phenoxy) is 1. The molecule has 1 aromatic carbocycles. The average Bonchev–Trinajstić information content (AvgIpc) is 2.17. The van der Waals surface area contributed by atoms with E-state index in [1.54, 1.807) is 0 Å². The fourth-order valence-corrected chi connectivity index (χ4v) is 0.891. The van der Waals surface area contributed by atoms with Crippen LogP contribution in [0, 0.1) is 5.82 Å². The van der Waals surface area contributed by atoms with Gasteiger partial charge in [-0.15, -0.1) is 0 Å². The fraction of sp³-hybridized carbons (Fsp3) is 0. The SMILES string of the molecule is O=Cc1ccc(F)c(OC=CBr)c1. The number of hydrogen-bond donors (Lipinski definition) is 0. The van der Waals surface area contributed by atoms with Gasteiger partial charge in [-0.3, -0.25) is 4.79 Å². The third-order valence-electron chi connectivity index (χ3n) is 1.34. The van der Waals surface area contributed by atoms with Crippen LogP contribution in [-0.2, 0) is 0 Å². The highest BCUT2D eigenvalue weighted by molar-refractivity contribution is 9.11. The first-order chi connectivity index (χ1) is 6.27. The Morgan fingerprint density at radius 2 is 2.23 bits per heavy atom. The molecule has 2 nitrogen and oxygen atoms in total. The summed E-state index contributed by atoms with van der Waals surface area (Å²) in [7, 11) is 0. The van der Waals surface area contributed by atoms with Crippen LogP contribution < -0.4 is 4.74 Å². The highest BCUT2D eigenvalue weighted by Gasteiger charge is 2.02. The molecule has 0 heterocycles. The number of halogens is 2. The van der Waals surface area contributed by atoms with Gasteiger partial charge in [-0.25, -0.2) is 4.39 Å². The second-order valence-electron chi connectivity index (χ2n) is 2.19. The van der Waals surface area contributed by atoms with E-state index < -0.39 is 5.82 Å². The topological polar surface area (TPSA) is 26.3 Å². The third kappa shape index (κ3) is 2.66. The molecule has 0 saturated heterocycles. The Morgan fingerprint density at radius 3 is 2.85 bits per heavy atom. The molecule has 0 aromatic heterocycles. The lowest BCUT2D eigenvalue weighted by Crippen LogP contribution is -1.89. The van der Waals surface area contributed by atoms with Gasteiger partial charge in [0.15, 0.2) is 11.6 Å². The number of aldehydes is 1. The van der Waals surface area contributed by atoms with E-state index in [-0.39, 0.29) is 5.75 Å². The lowest BCUT2D eigenvalue weighted by Gasteiger charge is -2.01. The molecule has 13 heavy (non-hydrogen) atoms. The smallest absolute Gasteiger partial charge is 0.165 e. The maximum absolute atomic E-state index is 12.9. The van der Waals surface area contributed by atoms with Crippen molar-refractivity contribution in [2.75, 3.05) is 0 Å². The van der Waals surface area contributed by atoms with E-state index >= 15 is 0 Å². The van der Waals surface area contributed by atoms with E-state index in [1.165, 1.54) is 29.4 Å². The zero-order chi connectivity index (χ0) is 9.68. The predicted octanol–water partition coefficient (Wildman–Crippen LogP) is 2.88. The van der Waals surface area contributed by atoms with E-state index in [9.17, 15) is 9.18 Å². The summed E-state index contributed by atoms with van der Waals surface area (Å²) in [5.41, 5.74) is 0.374. The predicted molar refractivity (Wildman–Crippen MR) is 50.5 cm³/mol. The highest BCUT2D eigenvalue weighted by atomic mass is 79.9. The monoisotopic (exact) mass is 244 g/mol. The van der Waals surface area contributed by atoms with Gasteiger partial charge in [-0.1, -0.05) is 15.9 Å². The first kappa shape index (κ1) is 9.92. The second-order valence-corrected chi connectivity index (χ2v) is 2.72. The van der Waals surface area contributed by atoms with Crippen molar-refractivity contribution in [1.82, 2.24) is 0 Å². The largest absolute Gasteiger partial charge is 0.461 e. The van der Waals surface area contributed by atoms with Crippen LogP contribution in [-0.4, -0.2) is 6.29 Å². The number of rotatable bonds is 3. The van der Waals surface area contributed by atoms with Crippen LogP contribution >= 0.6 is 15.9 Å². The summed E-state index contributed by atoms with van der Waals surface area (Å²) in [4.78, 5) is 11.8. The van der Waals surface area contributed by atoms with E-state index in [1.807, 2.05) is 0 Å². The number of hydrogen-bond acceptors (Lipinski definition) is 2. The molecule has 0 aliphatic carbocycles. The Hall–Kier alpha value is -1.16. The molecule has 0 fully saturated rings. The number of carbonyl (C=O) groups excluding carboxylic acids is 1. The van der Waals surface area contributed by atoms with Gasteiger partial charge in [0.2, 0.25) is 0 Å². The van der Waals surface area contributed by atoms with Crippen molar-refractivity contribution in [2.24, 2.45) is 0 Å². The van der Waals surface area contributed by atoms with Crippen molar-refractivity contribution in [3.8, 4) is 5.75 Å². The zero-order valence-corrected chi connectivity index (χ0v) is 8.12. The van der Waals surface area contributed by atoms with Gasteiger partial charge in [0.1, 0.15) is 6.29 Å². The third-order valence-corrected chi connectivity index (χ3v) is 1.55. The highest BCUT2D eigenvalue weighted by Crippen LogP contribution is 2.18. The minimum Gasteiger partial charge on any atom is -0.461 e. The summed E-state index contributed by atoms with van der Waals surface area (Å²) in [6, 6.07) is 3.89. The van der Waals surface area contributed by atoms with Crippen LogP contribution in [0.3, 0.4) is 0 Å². The molecule has 0 aliphatic heterocycles. The molecular weight excluding hydrogens is 239 g/mol. The molecule has 0 unspecified atom stereocenters. The van der Waals surface area contributed by atoms with E-state index in [0.717, 1.165) is 0 Å². The Kier molecular flexibility index (Phi) is 3.64. The molecule has 1 aromatic rings. The normalized spacial score (nSPS) is 10.3. The molecule has 0 amide bonds. The fourth-order valence-electron chi connectivity index (χ4n) is 0.783. The van der Waals surface area contributed by atoms with Crippen molar-refractivity contribution in [1.29, 1.82) is 0 Å². The van der Waals surface area contributed by atoms with Crippen LogP contribution in [0.5, 0.6) is 5.75 Å². The van der Waals surface area contributed by atoms with Gasteiger partial charge in [-0.2, -0.15) is 0 Å². The summed E-state index contributed by atoms with van der Waals surface area (Å²) in [6.45, 7) is 0. The molecule has 0 radical (unpaired) electrons. The Balaban J connectivity index is 2.96. The molecule has 0 bridgehead atoms. The quantitative estimate of drug-likeness (QED) is 0.604. The van der Waals surface area contributed by atoms with Gasteiger partial charge in [0.05, 0.1) is 6.26 Å². The molecule has 0 spiro atoms. The minimum atomic E-state index is -0.504. The van der Waals surface area contributed by atoms with E-state index in [2.05, 4.69) is 15.9 Å². The zero-order valence-electron chi connectivity index (χ0n) is 6.54. The van der Waals surface area contributed by atoms with Gasteiger partial charge < -0.3 is 4.74 Å². The average molecular weight is 245 g/mol. The van der Waals surface area contributed by atoms with Crippen molar-refractivity contribution >= 4 is 22.2 Å². The van der Waals surface area contributed by atoms with Gasteiger partial charge in [-0.05, 0) is 18.2 Å². The van der Waals surface area contributed by atoms with Crippen LogP contribution in [0.15, 0.2) is 29.4 Å². The van der Waals surface area contributed by atoms with Crippen LogP contribution in [0.25, 0.3) is 0 Å². The van der Waals surface area contributed by atoms with Crippen molar-refractivity contribution < 1.29 is 13.9 Å². The lowest BCUT2D eigenvalue weighted by molar-refractivity contribution is 0.112. The molecule has 0 atom stereocenters. The van der Waals surface area contributed by atoms with Crippen LogP contribution in [0.1, 0.15) is 10.4 Å². The van der Waals surface area contributed by atoms with Gasteiger partial charge >= 0.3 is 0 Å². The van der Waals surface area contributed by atoms with Crippen molar-refractivity contribution in [2.45, 2.75) is 0 Å². The van der Waals surface area contributed by atoms with Crippen LogP contribution in [0.2, 0.25) is 0 Å². The molecule has 68 valence electrons. The first-order valence-corrected chi connectivity index (χ1v) is 4.36. The van der Waals surface area contributed by atoms with Crippen molar-refractivity contribution in [3.63, 3.8) is 0 Å². The molecule has 0 saturated carbocycles. The van der Waals surface area contributed by atoms with Gasteiger partial charge in [0.25, 0.3) is 0 Å². The Labute approximate surface area is 83.1 Å². The Morgan fingerprint density at radius 1 is 1.46 bits per heavy atom. The van der Waals surface area contributed by atoms with E-state index in [0.29, 0.717) is 11.8 Å². The molecule has 4 heteroatoms. The molecule has 1 rings (SSSR count). The summed E-state index contributed by atoms with van der Waals surface area (Å²) >= 11 is 2.97. The summed E-state index contributed by atoms with van der Waals surface area (Å²) in [5, 5.41) is 0.